The van der Waals surface area contributed by atoms with E-state index in [-0.39, 0.29) is 36.3 Å². The van der Waals surface area contributed by atoms with Crippen molar-refractivity contribution in [3.8, 4) is 0 Å². The normalized spacial score (nSPS) is 24.3. The molecular formula is C13H23NO4. The molecule has 0 aromatic carbocycles. The summed E-state index contributed by atoms with van der Waals surface area (Å²) in [5.41, 5.74) is -0.192. The Labute approximate surface area is 108 Å². The molecule has 0 aliphatic carbocycles. The van der Waals surface area contributed by atoms with Gasteiger partial charge in [-0.25, -0.2) is 0 Å². The first-order chi connectivity index (χ1) is 8.28. The number of carbonyl (C=O) groups is 2. The zero-order valence-corrected chi connectivity index (χ0v) is 11.4. The van der Waals surface area contributed by atoms with Gasteiger partial charge in [0.05, 0.1) is 5.60 Å². The fraction of sp³-hybridized carbons (Fsp3) is 0.846. The van der Waals surface area contributed by atoms with Crippen LogP contribution in [0.25, 0.3) is 0 Å². The van der Waals surface area contributed by atoms with Crippen LogP contribution in [-0.2, 0) is 14.3 Å². The van der Waals surface area contributed by atoms with E-state index in [1.807, 2.05) is 13.8 Å². The fourth-order valence-electron chi connectivity index (χ4n) is 2.33. The van der Waals surface area contributed by atoms with Gasteiger partial charge in [-0.05, 0) is 32.6 Å². The lowest BCUT2D eigenvalue weighted by Crippen LogP contribution is -2.46. The van der Waals surface area contributed by atoms with Crippen LogP contribution < -0.4 is 5.32 Å². The minimum Gasteiger partial charge on any atom is -0.481 e. The van der Waals surface area contributed by atoms with Crippen molar-refractivity contribution in [2.75, 3.05) is 6.61 Å². The Hall–Kier alpha value is -1.10. The molecule has 1 saturated heterocycles. The van der Waals surface area contributed by atoms with Crippen molar-refractivity contribution in [2.24, 2.45) is 5.92 Å². The van der Waals surface area contributed by atoms with Crippen LogP contribution in [0.15, 0.2) is 0 Å². The molecule has 0 spiro atoms. The second kappa shape index (κ2) is 6.18. The number of aliphatic carboxylic acids is 1. The van der Waals surface area contributed by atoms with Gasteiger partial charge in [0, 0.05) is 25.5 Å². The van der Waals surface area contributed by atoms with E-state index in [1.165, 1.54) is 0 Å². The van der Waals surface area contributed by atoms with Gasteiger partial charge < -0.3 is 15.2 Å². The lowest BCUT2D eigenvalue weighted by atomic mass is 9.93. The minimum atomic E-state index is -0.859. The predicted molar refractivity (Wildman–Crippen MR) is 67.2 cm³/mol. The maximum atomic E-state index is 11.8. The van der Waals surface area contributed by atoms with Crippen LogP contribution in [0.1, 0.15) is 46.5 Å². The Morgan fingerprint density at radius 3 is 2.67 bits per heavy atom. The summed E-state index contributed by atoms with van der Waals surface area (Å²) in [5, 5.41) is 11.6. The minimum absolute atomic E-state index is 0.0344. The van der Waals surface area contributed by atoms with Crippen LogP contribution in [0.3, 0.4) is 0 Å². The molecule has 5 nitrogen and oxygen atoms in total. The van der Waals surface area contributed by atoms with Crippen molar-refractivity contribution in [1.82, 2.24) is 5.32 Å². The zero-order chi connectivity index (χ0) is 13.8. The van der Waals surface area contributed by atoms with Crippen molar-refractivity contribution < 1.29 is 19.4 Å². The largest absolute Gasteiger partial charge is 0.481 e. The Morgan fingerprint density at radius 1 is 1.44 bits per heavy atom. The van der Waals surface area contributed by atoms with E-state index in [9.17, 15) is 9.59 Å². The molecule has 1 aliphatic heterocycles. The number of ether oxygens (including phenoxy) is 1. The van der Waals surface area contributed by atoms with Crippen molar-refractivity contribution in [3.63, 3.8) is 0 Å². The Morgan fingerprint density at radius 2 is 2.11 bits per heavy atom. The van der Waals surface area contributed by atoms with Gasteiger partial charge in [0.15, 0.2) is 0 Å². The molecule has 0 aromatic rings. The quantitative estimate of drug-likeness (QED) is 0.783. The summed E-state index contributed by atoms with van der Waals surface area (Å²) in [6, 6.07) is 0.137. The van der Waals surface area contributed by atoms with Crippen molar-refractivity contribution in [2.45, 2.75) is 58.1 Å². The van der Waals surface area contributed by atoms with Gasteiger partial charge in [0.1, 0.15) is 0 Å². The zero-order valence-electron chi connectivity index (χ0n) is 11.4. The van der Waals surface area contributed by atoms with E-state index in [4.69, 9.17) is 9.84 Å². The first kappa shape index (κ1) is 15.0. The molecule has 2 atom stereocenters. The van der Waals surface area contributed by atoms with Gasteiger partial charge in [-0.1, -0.05) is 6.92 Å². The van der Waals surface area contributed by atoms with E-state index < -0.39 is 5.97 Å². The molecular weight excluding hydrogens is 234 g/mol. The molecule has 2 N–H and O–H groups in total. The fourth-order valence-corrected chi connectivity index (χ4v) is 2.33. The summed E-state index contributed by atoms with van der Waals surface area (Å²) < 4.78 is 5.58. The third kappa shape index (κ3) is 5.49. The van der Waals surface area contributed by atoms with Gasteiger partial charge in [-0.2, -0.15) is 0 Å². The van der Waals surface area contributed by atoms with Gasteiger partial charge in [0.2, 0.25) is 5.91 Å². The molecule has 0 radical (unpaired) electrons. The number of carboxylic acid groups (broad SMARTS) is 1. The molecule has 104 valence electrons. The highest BCUT2D eigenvalue weighted by Crippen LogP contribution is 2.24. The Balaban J connectivity index is 2.33. The summed E-state index contributed by atoms with van der Waals surface area (Å²) in [7, 11) is 0. The topological polar surface area (TPSA) is 75.6 Å². The first-order valence-electron chi connectivity index (χ1n) is 6.43. The van der Waals surface area contributed by atoms with Crippen LogP contribution in [0.4, 0.5) is 0 Å². The standard InChI is InChI=1S/C13H23NO4/c1-9(7-12(16)17)6-11(15)14-10-4-5-18-13(2,3)8-10/h9-10H,4-8H2,1-3H3,(H,14,15)(H,16,17). The Bertz CT molecular complexity index is 314. The van der Waals surface area contributed by atoms with Crippen LogP contribution in [0.5, 0.6) is 0 Å². The number of rotatable bonds is 5. The average Bonchev–Trinajstić information content (AvgIpc) is 2.13. The van der Waals surface area contributed by atoms with Gasteiger partial charge in [-0.3, -0.25) is 9.59 Å². The number of carboxylic acids is 1. The number of hydrogen-bond acceptors (Lipinski definition) is 3. The molecule has 1 aliphatic rings. The van der Waals surface area contributed by atoms with Gasteiger partial charge in [-0.15, -0.1) is 0 Å². The van der Waals surface area contributed by atoms with Gasteiger partial charge >= 0.3 is 5.97 Å². The third-order valence-corrected chi connectivity index (χ3v) is 3.12. The molecule has 1 fully saturated rings. The monoisotopic (exact) mass is 257 g/mol. The molecule has 0 bridgehead atoms. The molecule has 18 heavy (non-hydrogen) atoms. The number of hydrogen-bond donors (Lipinski definition) is 2. The van der Waals surface area contributed by atoms with Crippen molar-refractivity contribution >= 4 is 11.9 Å². The van der Waals surface area contributed by atoms with Crippen molar-refractivity contribution in [3.05, 3.63) is 0 Å². The summed E-state index contributed by atoms with van der Waals surface area (Å²) in [4.78, 5) is 22.3. The van der Waals surface area contributed by atoms with Crippen LogP contribution >= 0.6 is 0 Å². The third-order valence-electron chi connectivity index (χ3n) is 3.12. The highest BCUT2D eigenvalue weighted by molar-refractivity contribution is 5.77. The lowest BCUT2D eigenvalue weighted by Gasteiger charge is -2.35. The van der Waals surface area contributed by atoms with Crippen molar-refractivity contribution in [1.29, 1.82) is 0 Å². The molecule has 1 rings (SSSR count). The van der Waals surface area contributed by atoms with E-state index in [0.717, 1.165) is 12.8 Å². The number of nitrogens with one attached hydrogen (secondary N) is 1. The maximum Gasteiger partial charge on any atom is 0.303 e. The number of amides is 1. The summed E-state index contributed by atoms with van der Waals surface area (Å²) >= 11 is 0. The second-order valence-corrected chi connectivity index (χ2v) is 5.77. The molecule has 0 saturated carbocycles. The molecule has 1 heterocycles. The van der Waals surface area contributed by atoms with E-state index >= 15 is 0 Å². The molecule has 0 aromatic heterocycles. The molecule has 1 amide bonds. The summed E-state index contributed by atoms with van der Waals surface area (Å²) in [6.07, 6.45) is 1.92. The van der Waals surface area contributed by atoms with Crippen LogP contribution in [0, 0.1) is 5.92 Å². The smallest absolute Gasteiger partial charge is 0.303 e. The number of carbonyl (C=O) groups excluding carboxylic acids is 1. The van der Waals surface area contributed by atoms with Crippen LogP contribution in [-0.4, -0.2) is 35.2 Å². The van der Waals surface area contributed by atoms with E-state index in [2.05, 4.69) is 5.32 Å². The lowest BCUT2D eigenvalue weighted by molar-refractivity contribution is -0.138. The molecule has 5 heteroatoms. The van der Waals surface area contributed by atoms with Gasteiger partial charge in [0.25, 0.3) is 0 Å². The highest BCUT2D eigenvalue weighted by atomic mass is 16.5. The summed E-state index contributed by atoms with van der Waals surface area (Å²) in [6.45, 7) is 6.46. The van der Waals surface area contributed by atoms with E-state index in [1.54, 1.807) is 6.92 Å². The van der Waals surface area contributed by atoms with E-state index in [0.29, 0.717) is 6.61 Å². The Kier molecular flexibility index (Phi) is 5.14. The predicted octanol–water partition coefficient (Wildman–Crippen LogP) is 1.56. The highest BCUT2D eigenvalue weighted by Gasteiger charge is 2.29. The average molecular weight is 257 g/mol. The van der Waals surface area contributed by atoms with Crippen LogP contribution in [0.2, 0.25) is 0 Å². The SMILES string of the molecule is CC(CC(=O)O)CC(=O)NC1CCOC(C)(C)C1. The summed E-state index contributed by atoms with van der Waals surface area (Å²) in [5.74, 6) is -1.05. The second-order valence-electron chi connectivity index (χ2n) is 5.77. The first-order valence-corrected chi connectivity index (χ1v) is 6.43. The maximum absolute atomic E-state index is 11.8. The molecule has 2 unspecified atom stereocenters.